The Balaban J connectivity index is 1.74. The predicted octanol–water partition coefficient (Wildman–Crippen LogP) is 5.13. The molecule has 0 saturated heterocycles. The SMILES string of the molecule is Cc1ccccc1CN(C(=O)CN(c1ccc(F)c(F)c1)S(C)(=O)=O)C(Cc1ccccc1)C(=O)NC1CCCCC1. The summed E-state index contributed by atoms with van der Waals surface area (Å²) in [7, 11) is -4.09. The van der Waals surface area contributed by atoms with Gasteiger partial charge in [0, 0.05) is 25.1 Å². The third-order valence-corrected chi connectivity index (χ3v) is 8.84. The normalized spacial score (nSPS) is 14.7. The van der Waals surface area contributed by atoms with Gasteiger partial charge in [0.05, 0.1) is 11.9 Å². The summed E-state index contributed by atoms with van der Waals surface area (Å²) in [4.78, 5) is 29.5. The Kier molecular flexibility index (Phi) is 10.3. The summed E-state index contributed by atoms with van der Waals surface area (Å²) in [5, 5.41) is 3.15. The molecule has 0 radical (unpaired) electrons. The highest BCUT2D eigenvalue weighted by Crippen LogP contribution is 2.24. The van der Waals surface area contributed by atoms with Crippen LogP contribution < -0.4 is 9.62 Å². The molecule has 0 heterocycles. The van der Waals surface area contributed by atoms with Crippen LogP contribution in [-0.2, 0) is 32.6 Å². The molecule has 2 amide bonds. The second-order valence-electron chi connectivity index (χ2n) is 10.9. The standard InChI is InChI=1S/C32H37F2N3O4S/c1-23-11-9-10-14-25(23)21-36(31(38)22-37(42(2,40)41)27-17-18-28(33)29(34)20-27)30(19-24-12-5-3-6-13-24)32(39)35-26-15-7-4-8-16-26/h3,5-6,9-14,17-18,20,26,30H,4,7-8,15-16,19,21-22H2,1-2H3,(H,35,39). The lowest BCUT2D eigenvalue weighted by atomic mass is 9.94. The highest BCUT2D eigenvalue weighted by atomic mass is 32.2. The number of anilines is 1. The molecule has 1 saturated carbocycles. The molecular weight excluding hydrogens is 560 g/mol. The molecule has 4 rings (SSSR count). The maximum Gasteiger partial charge on any atom is 0.244 e. The molecule has 1 atom stereocenters. The Hall–Kier alpha value is -3.79. The zero-order valence-corrected chi connectivity index (χ0v) is 24.7. The van der Waals surface area contributed by atoms with Crippen molar-refractivity contribution in [1.82, 2.24) is 10.2 Å². The number of aryl methyl sites for hydroxylation is 1. The van der Waals surface area contributed by atoms with Crippen molar-refractivity contribution < 1.29 is 26.8 Å². The van der Waals surface area contributed by atoms with Gasteiger partial charge in [0.25, 0.3) is 0 Å². The van der Waals surface area contributed by atoms with Crippen LogP contribution in [0.4, 0.5) is 14.5 Å². The molecule has 0 spiro atoms. The van der Waals surface area contributed by atoms with Crippen molar-refractivity contribution in [2.75, 3.05) is 17.1 Å². The van der Waals surface area contributed by atoms with Gasteiger partial charge in [0.1, 0.15) is 12.6 Å². The van der Waals surface area contributed by atoms with E-state index >= 15 is 0 Å². The Morgan fingerprint density at radius 3 is 2.24 bits per heavy atom. The topological polar surface area (TPSA) is 86.8 Å². The van der Waals surface area contributed by atoms with Gasteiger partial charge in [-0.15, -0.1) is 0 Å². The predicted molar refractivity (Wildman–Crippen MR) is 159 cm³/mol. The van der Waals surface area contributed by atoms with E-state index < -0.39 is 40.2 Å². The fourth-order valence-corrected chi connectivity index (χ4v) is 6.16. The van der Waals surface area contributed by atoms with Crippen LogP contribution in [0.25, 0.3) is 0 Å². The van der Waals surface area contributed by atoms with Gasteiger partial charge in [0.2, 0.25) is 21.8 Å². The number of amides is 2. The molecule has 1 unspecified atom stereocenters. The van der Waals surface area contributed by atoms with E-state index in [1.807, 2.05) is 61.5 Å². The molecule has 42 heavy (non-hydrogen) atoms. The van der Waals surface area contributed by atoms with E-state index in [1.165, 1.54) is 4.90 Å². The van der Waals surface area contributed by atoms with Crippen molar-refractivity contribution in [3.8, 4) is 0 Å². The zero-order valence-electron chi connectivity index (χ0n) is 23.9. The molecule has 3 aromatic rings. The summed E-state index contributed by atoms with van der Waals surface area (Å²) in [5.74, 6) is -3.33. The smallest absolute Gasteiger partial charge is 0.244 e. The molecule has 1 N–H and O–H groups in total. The minimum absolute atomic E-state index is 0.00496. The van der Waals surface area contributed by atoms with Crippen molar-refractivity contribution in [2.24, 2.45) is 0 Å². The third-order valence-electron chi connectivity index (χ3n) is 7.69. The molecule has 1 fully saturated rings. The number of hydrogen-bond donors (Lipinski definition) is 1. The number of carbonyl (C=O) groups excluding carboxylic acids is 2. The molecule has 10 heteroatoms. The quantitative estimate of drug-likeness (QED) is 0.332. The van der Waals surface area contributed by atoms with Gasteiger partial charge in [-0.25, -0.2) is 17.2 Å². The number of nitrogens with one attached hydrogen (secondary N) is 1. The number of hydrogen-bond acceptors (Lipinski definition) is 4. The van der Waals surface area contributed by atoms with Crippen LogP contribution >= 0.6 is 0 Å². The van der Waals surface area contributed by atoms with Gasteiger partial charge in [0.15, 0.2) is 11.6 Å². The molecule has 1 aliphatic rings. The van der Waals surface area contributed by atoms with Gasteiger partial charge >= 0.3 is 0 Å². The highest BCUT2D eigenvalue weighted by molar-refractivity contribution is 7.92. The fraction of sp³-hybridized carbons (Fsp3) is 0.375. The van der Waals surface area contributed by atoms with E-state index in [0.717, 1.165) is 77.6 Å². The summed E-state index contributed by atoms with van der Waals surface area (Å²) in [5.41, 5.74) is 2.35. The van der Waals surface area contributed by atoms with Crippen LogP contribution in [-0.4, -0.2) is 50.0 Å². The first-order valence-electron chi connectivity index (χ1n) is 14.1. The maximum absolute atomic E-state index is 14.1. The average molecular weight is 598 g/mol. The molecule has 0 aromatic heterocycles. The fourth-order valence-electron chi connectivity index (χ4n) is 5.32. The summed E-state index contributed by atoms with van der Waals surface area (Å²) in [6.07, 6.45) is 5.95. The first-order valence-corrected chi connectivity index (χ1v) is 16.0. The van der Waals surface area contributed by atoms with Crippen molar-refractivity contribution in [1.29, 1.82) is 0 Å². The number of nitrogens with zero attached hydrogens (tertiary/aromatic N) is 2. The van der Waals surface area contributed by atoms with Crippen molar-refractivity contribution in [3.63, 3.8) is 0 Å². The Labute approximate surface area is 246 Å². The second kappa shape index (κ2) is 13.9. The summed E-state index contributed by atoms with van der Waals surface area (Å²) < 4.78 is 54.1. The second-order valence-corrected chi connectivity index (χ2v) is 12.8. The Bertz CT molecular complexity index is 1490. The molecule has 0 aliphatic heterocycles. The average Bonchev–Trinajstić information content (AvgIpc) is 2.96. The summed E-state index contributed by atoms with van der Waals surface area (Å²) in [6, 6.07) is 18.5. The van der Waals surface area contributed by atoms with Gasteiger partial charge in [-0.3, -0.25) is 13.9 Å². The van der Waals surface area contributed by atoms with E-state index in [-0.39, 0.29) is 30.6 Å². The maximum atomic E-state index is 14.1. The van der Waals surface area contributed by atoms with Crippen molar-refractivity contribution in [3.05, 3.63) is 101 Å². The first kappa shape index (κ1) is 31.2. The third kappa shape index (κ3) is 8.15. The van der Waals surface area contributed by atoms with Crippen LogP contribution in [0.5, 0.6) is 0 Å². The number of sulfonamides is 1. The lowest BCUT2D eigenvalue weighted by Crippen LogP contribution is -2.55. The minimum atomic E-state index is -4.09. The van der Waals surface area contributed by atoms with E-state index in [9.17, 15) is 26.8 Å². The number of halogens is 2. The van der Waals surface area contributed by atoms with Crippen LogP contribution in [0.3, 0.4) is 0 Å². The Morgan fingerprint density at radius 2 is 1.60 bits per heavy atom. The van der Waals surface area contributed by atoms with Gasteiger partial charge in [-0.2, -0.15) is 0 Å². The molecular formula is C32H37F2N3O4S. The molecule has 0 bridgehead atoms. The van der Waals surface area contributed by atoms with Crippen LogP contribution in [0, 0.1) is 18.6 Å². The monoisotopic (exact) mass is 597 g/mol. The molecule has 224 valence electrons. The molecule has 7 nitrogen and oxygen atoms in total. The van der Waals surface area contributed by atoms with Crippen LogP contribution in [0.15, 0.2) is 72.8 Å². The van der Waals surface area contributed by atoms with E-state index in [4.69, 9.17) is 0 Å². The molecule has 3 aromatic carbocycles. The first-order chi connectivity index (χ1) is 20.0. The van der Waals surface area contributed by atoms with E-state index in [2.05, 4.69) is 5.32 Å². The van der Waals surface area contributed by atoms with E-state index in [1.54, 1.807) is 0 Å². The summed E-state index contributed by atoms with van der Waals surface area (Å²) >= 11 is 0. The lowest BCUT2D eigenvalue weighted by molar-refractivity contribution is -0.140. The zero-order chi connectivity index (χ0) is 30.3. The number of carbonyl (C=O) groups is 2. The highest BCUT2D eigenvalue weighted by Gasteiger charge is 2.34. The number of rotatable bonds is 11. The van der Waals surface area contributed by atoms with Crippen LogP contribution in [0.2, 0.25) is 0 Å². The Morgan fingerprint density at radius 1 is 0.929 bits per heavy atom. The minimum Gasteiger partial charge on any atom is -0.352 e. The van der Waals surface area contributed by atoms with Gasteiger partial charge in [-0.05, 0) is 48.6 Å². The van der Waals surface area contributed by atoms with Crippen molar-refractivity contribution in [2.45, 2.75) is 64.1 Å². The molecule has 1 aliphatic carbocycles. The van der Waals surface area contributed by atoms with Crippen LogP contribution in [0.1, 0.15) is 48.8 Å². The van der Waals surface area contributed by atoms with Gasteiger partial charge < -0.3 is 10.2 Å². The number of benzene rings is 3. The van der Waals surface area contributed by atoms with Gasteiger partial charge in [-0.1, -0.05) is 73.9 Å². The lowest BCUT2D eigenvalue weighted by Gasteiger charge is -2.35. The largest absolute Gasteiger partial charge is 0.352 e. The van der Waals surface area contributed by atoms with Crippen molar-refractivity contribution >= 4 is 27.5 Å². The van der Waals surface area contributed by atoms with E-state index in [0.29, 0.717) is 0 Å². The summed E-state index contributed by atoms with van der Waals surface area (Å²) in [6.45, 7) is 1.25.